The fraction of sp³-hybridized carbons (Fsp3) is 0.286. The Morgan fingerprint density at radius 2 is 2.03 bits per heavy atom. The van der Waals surface area contributed by atoms with Crippen molar-refractivity contribution in [3.8, 4) is 0 Å². The smallest absolute Gasteiger partial charge is 0.337 e. The molecule has 158 valence electrons. The van der Waals surface area contributed by atoms with Crippen molar-refractivity contribution in [1.82, 2.24) is 4.98 Å². The summed E-state index contributed by atoms with van der Waals surface area (Å²) in [5.74, 6) is -1.84. The van der Waals surface area contributed by atoms with Gasteiger partial charge in [-0.3, -0.25) is 14.5 Å². The highest BCUT2D eigenvalue weighted by Gasteiger charge is 2.61. The molecule has 4 amide bonds. The van der Waals surface area contributed by atoms with Crippen LogP contribution in [0, 0.1) is 12.4 Å². The third-order valence-corrected chi connectivity index (χ3v) is 5.55. The Morgan fingerprint density at radius 3 is 2.58 bits per heavy atom. The summed E-state index contributed by atoms with van der Waals surface area (Å²) in [4.78, 5) is 47.0. The van der Waals surface area contributed by atoms with Gasteiger partial charge in [-0.1, -0.05) is 6.57 Å². The molecule has 1 aliphatic carbocycles. The van der Waals surface area contributed by atoms with E-state index < -0.39 is 35.9 Å². The number of hydrogen-bond acceptors (Lipinski definition) is 4. The molecule has 4 rings (SSSR count). The topological polar surface area (TPSA) is 87.0 Å². The van der Waals surface area contributed by atoms with Crippen LogP contribution < -0.4 is 15.1 Å². The van der Waals surface area contributed by atoms with Crippen molar-refractivity contribution < 1.29 is 23.2 Å². The van der Waals surface area contributed by atoms with E-state index in [1.807, 2.05) is 0 Å². The summed E-state index contributed by atoms with van der Waals surface area (Å²) in [7, 11) is 0. The zero-order valence-electron chi connectivity index (χ0n) is 16.5. The van der Waals surface area contributed by atoms with Crippen LogP contribution in [0.5, 0.6) is 0 Å². The number of hydrogen-bond donors (Lipinski definition) is 1. The lowest BCUT2D eigenvalue weighted by Crippen LogP contribution is -2.55. The van der Waals surface area contributed by atoms with Gasteiger partial charge in [-0.25, -0.2) is 18.5 Å². The predicted molar refractivity (Wildman–Crippen MR) is 108 cm³/mol. The number of anilines is 3. The van der Waals surface area contributed by atoms with E-state index in [1.54, 1.807) is 0 Å². The van der Waals surface area contributed by atoms with Crippen LogP contribution in [-0.4, -0.2) is 28.4 Å². The molecule has 10 heteroatoms. The average Bonchev–Trinajstić information content (AvgIpc) is 2.95. The molecule has 0 atom stereocenters. The van der Waals surface area contributed by atoms with Crippen molar-refractivity contribution in [3.63, 3.8) is 0 Å². The fourth-order valence-corrected chi connectivity index (χ4v) is 3.95. The number of rotatable bonds is 4. The number of benzene rings is 1. The van der Waals surface area contributed by atoms with Crippen molar-refractivity contribution in [3.05, 3.63) is 53.3 Å². The highest BCUT2D eigenvalue weighted by atomic mass is 19.1. The molecule has 1 aromatic heterocycles. The van der Waals surface area contributed by atoms with Crippen LogP contribution in [0.25, 0.3) is 4.85 Å². The minimum atomic E-state index is -1.16. The summed E-state index contributed by atoms with van der Waals surface area (Å²) in [5.41, 5.74) is -1.00. The first-order valence-electron chi connectivity index (χ1n) is 9.50. The lowest BCUT2D eigenvalue weighted by atomic mass is 9.75. The number of alkyl halides is 1. The molecule has 1 spiro atoms. The Hall–Kier alpha value is -3.87. The highest BCUT2D eigenvalue weighted by molar-refractivity contribution is 6.30. The monoisotopic (exact) mass is 425 g/mol. The number of carbonyl (C=O) groups is 3. The van der Waals surface area contributed by atoms with Crippen molar-refractivity contribution in [1.29, 1.82) is 0 Å². The second-order valence-corrected chi connectivity index (χ2v) is 7.41. The van der Waals surface area contributed by atoms with E-state index in [-0.39, 0.29) is 28.4 Å². The zero-order valence-corrected chi connectivity index (χ0v) is 16.5. The molecule has 1 saturated heterocycles. The molecular formula is C21H17F2N5O3. The van der Waals surface area contributed by atoms with E-state index >= 15 is 0 Å². The minimum Gasteiger partial charge on any atom is -0.360 e. The van der Waals surface area contributed by atoms with Crippen molar-refractivity contribution in [2.45, 2.75) is 38.4 Å². The Morgan fingerprint density at radius 1 is 1.29 bits per heavy atom. The van der Waals surface area contributed by atoms with E-state index in [0.29, 0.717) is 19.3 Å². The lowest BCUT2D eigenvalue weighted by molar-refractivity contribution is -0.124. The Bertz CT molecular complexity index is 1160. The molecule has 2 heterocycles. The molecule has 0 bridgehead atoms. The molecule has 0 unspecified atom stereocenters. The van der Waals surface area contributed by atoms with Gasteiger partial charge in [0.25, 0.3) is 11.7 Å². The Labute approximate surface area is 176 Å². The third kappa shape index (κ3) is 3.09. The first-order valence-corrected chi connectivity index (χ1v) is 9.50. The largest absolute Gasteiger partial charge is 0.360 e. The molecule has 1 saturated carbocycles. The number of urea groups is 1. The molecule has 8 nitrogen and oxygen atoms in total. The van der Waals surface area contributed by atoms with Crippen LogP contribution >= 0.6 is 0 Å². The van der Waals surface area contributed by atoms with Crippen LogP contribution in [0.4, 0.5) is 36.5 Å². The SMILES string of the molecule is [C-]#[N+]c1ncc(N2C(=O)N(c3ccc(NC(C)=O)c(F)c3)C3(CCC3)C2=O)cc1CF. The second-order valence-electron chi connectivity index (χ2n) is 7.41. The van der Waals surface area contributed by atoms with Gasteiger partial charge in [-0.05, 0) is 43.5 Å². The average molecular weight is 425 g/mol. The van der Waals surface area contributed by atoms with Crippen molar-refractivity contribution in [2.24, 2.45) is 0 Å². The molecule has 1 N–H and O–H groups in total. The number of imide groups is 1. The molecule has 1 aromatic carbocycles. The zero-order chi connectivity index (χ0) is 22.3. The number of halogens is 2. The van der Waals surface area contributed by atoms with E-state index in [4.69, 9.17) is 6.57 Å². The van der Waals surface area contributed by atoms with Gasteiger partial charge in [0.1, 0.15) is 24.2 Å². The maximum Gasteiger partial charge on any atom is 0.337 e. The van der Waals surface area contributed by atoms with E-state index in [1.165, 1.54) is 36.2 Å². The summed E-state index contributed by atoms with van der Waals surface area (Å²) < 4.78 is 27.9. The molecule has 31 heavy (non-hydrogen) atoms. The van der Waals surface area contributed by atoms with Gasteiger partial charge in [0.2, 0.25) is 5.91 Å². The maximum absolute atomic E-state index is 14.5. The number of carbonyl (C=O) groups excluding carboxylic acids is 3. The van der Waals surface area contributed by atoms with Crippen molar-refractivity contribution >= 4 is 40.7 Å². The molecule has 0 radical (unpaired) electrons. The van der Waals surface area contributed by atoms with Crippen LogP contribution in [0.2, 0.25) is 0 Å². The standard InChI is InChI=1S/C21H17F2N5O3/c1-12(29)26-17-5-4-14(9-16(17)23)28-20(31)27(19(30)21(28)6-3-7-21)15-8-13(10-22)18(24-2)25-11-15/h4-5,8-9,11H,3,6-7,10H2,1H3,(H,26,29). The number of aromatic nitrogens is 1. The quantitative estimate of drug-likeness (QED) is 0.590. The summed E-state index contributed by atoms with van der Waals surface area (Å²) >= 11 is 0. The second kappa shape index (κ2) is 7.43. The number of nitrogens with one attached hydrogen (secondary N) is 1. The minimum absolute atomic E-state index is 0.0279. The molecular weight excluding hydrogens is 408 g/mol. The van der Waals surface area contributed by atoms with Gasteiger partial charge in [0, 0.05) is 18.2 Å². The highest BCUT2D eigenvalue weighted by Crippen LogP contribution is 2.48. The first kappa shape index (κ1) is 20.4. The van der Waals surface area contributed by atoms with Gasteiger partial charge in [0.15, 0.2) is 0 Å². The van der Waals surface area contributed by atoms with Gasteiger partial charge < -0.3 is 10.2 Å². The third-order valence-electron chi connectivity index (χ3n) is 5.55. The van der Waals surface area contributed by atoms with Crippen LogP contribution in [0.15, 0.2) is 30.5 Å². The Kier molecular flexibility index (Phi) is 4.89. The fourth-order valence-electron chi connectivity index (χ4n) is 3.95. The summed E-state index contributed by atoms with van der Waals surface area (Å²) in [6, 6.07) is 4.42. The summed E-state index contributed by atoms with van der Waals surface area (Å²) in [5, 5.41) is 2.35. The van der Waals surface area contributed by atoms with Crippen LogP contribution in [-0.2, 0) is 16.3 Å². The molecule has 2 fully saturated rings. The van der Waals surface area contributed by atoms with Crippen LogP contribution in [0.3, 0.4) is 0 Å². The van der Waals surface area contributed by atoms with E-state index in [2.05, 4.69) is 15.1 Å². The normalized spacial score (nSPS) is 17.0. The van der Waals surface area contributed by atoms with Gasteiger partial charge in [-0.15, -0.1) is 4.98 Å². The number of pyridine rings is 1. The van der Waals surface area contributed by atoms with Crippen LogP contribution in [0.1, 0.15) is 31.7 Å². The molecule has 1 aliphatic heterocycles. The number of nitrogens with zero attached hydrogens (tertiary/aromatic N) is 4. The Balaban J connectivity index is 1.76. The molecule has 2 aromatic rings. The van der Waals surface area contributed by atoms with E-state index in [0.717, 1.165) is 11.0 Å². The lowest BCUT2D eigenvalue weighted by Gasteiger charge is -2.42. The molecule has 2 aliphatic rings. The maximum atomic E-state index is 14.5. The van der Waals surface area contributed by atoms with Crippen molar-refractivity contribution in [2.75, 3.05) is 15.1 Å². The van der Waals surface area contributed by atoms with Gasteiger partial charge in [0.05, 0.1) is 11.4 Å². The summed E-state index contributed by atoms with van der Waals surface area (Å²) in [6.07, 6.45) is 2.68. The van der Waals surface area contributed by atoms with Gasteiger partial charge >= 0.3 is 6.03 Å². The number of amides is 4. The summed E-state index contributed by atoms with van der Waals surface area (Å²) in [6.45, 7) is 7.33. The van der Waals surface area contributed by atoms with Gasteiger partial charge in [-0.2, -0.15) is 0 Å². The first-order chi connectivity index (χ1) is 14.8. The van der Waals surface area contributed by atoms with E-state index in [9.17, 15) is 23.2 Å². The predicted octanol–water partition coefficient (Wildman–Crippen LogP) is 4.10.